The zero-order chi connectivity index (χ0) is 21.7. The Balaban J connectivity index is 2.28. The molecule has 0 aromatic heterocycles. The van der Waals surface area contributed by atoms with E-state index in [9.17, 15) is 9.59 Å². The van der Waals surface area contributed by atoms with E-state index in [-0.39, 0.29) is 30.8 Å². The lowest BCUT2D eigenvalue weighted by atomic mass is 10.1. The fourth-order valence-corrected chi connectivity index (χ4v) is 3.39. The van der Waals surface area contributed by atoms with E-state index in [1.165, 1.54) is 4.90 Å². The number of nitrogens with one attached hydrogen (secondary N) is 1. The first kappa shape index (κ1) is 23.8. The van der Waals surface area contributed by atoms with Crippen molar-refractivity contribution in [3.63, 3.8) is 0 Å². The maximum absolute atomic E-state index is 13.1. The van der Waals surface area contributed by atoms with Gasteiger partial charge in [-0.1, -0.05) is 58.5 Å². The van der Waals surface area contributed by atoms with Gasteiger partial charge in [0.2, 0.25) is 11.8 Å². The monoisotopic (exact) mass is 474 g/mol. The first-order valence-corrected chi connectivity index (χ1v) is 10.6. The Morgan fingerprint density at radius 1 is 0.862 bits per heavy atom. The number of rotatable bonds is 7. The smallest absolute Gasteiger partial charge is 0.242 e. The summed E-state index contributed by atoms with van der Waals surface area (Å²) in [6.07, 6.45) is 0.0809. The molecule has 2 aromatic carbocycles. The van der Waals surface area contributed by atoms with Crippen LogP contribution in [0.3, 0.4) is 0 Å². The molecule has 0 heterocycles. The van der Waals surface area contributed by atoms with Crippen LogP contribution >= 0.6 is 46.4 Å². The van der Waals surface area contributed by atoms with Crippen molar-refractivity contribution in [1.82, 2.24) is 10.2 Å². The van der Waals surface area contributed by atoms with Gasteiger partial charge in [-0.3, -0.25) is 9.59 Å². The maximum Gasteiger partial charge on any atom is 0.242 e. The number of hydrogen-bond donors (Lipinski definition) is 1. The van der Waals surface area contributed by atoms with Gasteiger partial charge in [-0.25, -0.2) is 0 Å². The van der Waals surface area contributed by atoms with Crippen molar-refractivity contribution in [2.24, 2.45) is 0 Å². The normalized spacial score (nSPS) is 12.0. The largest absolute Gasteiger partial charge is 0.352 e. The molecule has 0 aliphatic carbocycles. The molecule has 1 atom stereocenters. The molecule has 1 unspecified atom stereocenters. The molecule has 0 saturated heterocycles. The van der Waals surface area contributed by atoms with Gasteiger partial charge in [0.05, 0.1) is 26.5 Å². The molecule has 2 aromatic rings. The molecule has 0 saturated carbocycles. The van der Waals surface area contributed by atoms with Crippen molar-refractivity contribution < 1.29 is 9.59 Å². The fourth-order valence-electron chi connectivity index (χ4n) is 2.75. The van der Waals surface area contributed by atoms with E-state index in [1.54, 1.807) is 43.3 Å². The van der Waals surface area contributed by atoms with Crippen LogP contribution in [-0.4, -0.2) is 28.8 Å². The average molecular weight is 476 g/mol. The summed E-state index contributed by atoms with van der Waals surface area (Å²) >= 11 is 24.1. The van der Waals surface area contributed by atoms with Crippen LogP contribution in [0.15, 0.2) is 36.4 Å². The van der Waals surface area contributed by atoms with Gasteiger partial charge in [0, 0.05) is 12.6 Å². The van der Waals surface area contributed by atoms with E-state index in [4.69, 9.17) is 46.4 Å². The minimum absolute atomic E-state index is 0.0399. The molecule has 0 fully saturated rings. The van der Waals surface area contributed by atoms with Crippen LogP contribution in [0.5, 0.6) is 0 Å². The maximum atomic E-state index is 13.1. The summed E-state index contributed by atoms with van der Waals surface area (Å²) in [4.78, 5) is 27.2. The second-order valence-corrected chi connectivity index (χ2v) is 8.66. The standard InChI is InChI=1S/C21H22Cl4N2O2/c1-12(2)26-21(29)13(3)27(11-15-5-7-17(23)19(25)9-15)20(28)10-14-4-6-16(22)18(24)8-14/h4-9,12-13H,10-11H2,1-3H3,(H,26,29). The highest BCUT2D eigenvalue weighted by molar-refractivity contribution is 6.42. The Kier molecular flexibility index (Phi) is 8.65. The third-order valence-electron chi connectivity index (χ3n) is 4.27. The lowest BCUT2D eigenvalue weighted by Gasteiger charge is -2.29. The lowest BCUT2D eigenvalue weighted by molar-refractivity contribution is -0.140. The van der Waals surface area contributed by atoms with E-state index in [0.29, 0.717) is 25.7 Å². The van der Waals surface area contributed by atoms with E-state index in [1.807, 2.05) is 13.8 Å². The van der Waals surface area contributed by atoms with Crippen molar-refractivity contribution >= 4 is 58.2 Å². The summed E-state index contributed by atoms with van der Waals surface area (Å²) in [5.41, 5.74) is 1.48. The molecule has 0 bridgehead atoms. The van der Waals surface area contributed by atoms with E-state index in [2.05, 4.69) is 5.32 Å². The molecule has 0 aliphatic rings. The summed E-state index contributed by atoms with van der Waals surface area (Å²) < 4.78 is 0. The Labute approximate surface area is 191 Å². The van der Waals surface area contributed by atoms with Crippen LogP contribution < -0.4 is 5.32 Å². The van der Waals surface area contributed by atoms with Crippen LogP contribution in [0.4, 0.5) is 0 Å². The molecule has 8 heteroatoms. The van der Waals surface area contributed by atoms with Gasteiger partial charge < -0.3 is 10.2 Å². The third kappa shape index (κ3) is 6.78. The van der Waals surface area contributed by atoms with Gasteiger partial charge >= 0.3 is 0 Å². The molecular weight excluding hydrogens is 454 g/mol. The molecule has 156 valence electrons. The summed E-state index contributed by atoms with van der Waals surface area (Å²) in [7, 11) is 0. The van der Waals surface area contributed by atoms with Gasteiger partial charge in [-0.05, 0) is 56.2 Å². The first-order chi connectivity index (χ1) is 13.6. The Morgan fingerprint density at radius 2 is 1.38 bits per heavy atom. The van der Waals surface area contributed by atoms with E-state index in [0.717, 1.165) is 5.56 Å². The predicted molar refractivity (Wildman–Crippen MR) is 120 cm³/mol. The second kappa shape index (κ2) is 10.5. The molecule has 2 rings (SSSR count). The molecule has 29 heavy (non-hydrogen) atoms. The molecule has 1 N–H and O–H groups in total. The highest BCUT2D eigenvalue weighted by Gasteiger charge is 2.26. The highest BCUT2D eigenvalue weighted by atomic mass is 35.5. The average Bonchev–Trinajstić information content (AvgIpc) is 2.64. The molecule has 4 nitrogen and oxygen atoms in total. The predicted octanol–water partition coefficient (Wildman–Crippen LogP) is 5.78. The number of carbonyl (C=O) groups is 2. The minimum atomic E-state index is -0.679. The summed E-state index contributed by atoms with van der Waals surface area (Å²) in [6, 6.07) is 9.45. The summed E-state index contributed by atoms with van der Waals surface area (Å²) in [5, 5.41) is 4.45. The fraction of sp³-hybridized carbons (Fsp3) is 0.333. The zero-order valence-electron chi connectivity index (χ0n) is 16.3. The summed E-state index contributed by atoms with van der Waals surface area (Å²) in [6.45, 7) is 5.64. The number of halogens is 4. The molecule has 0 aliphatic heterocycles. The van der Waals surface area contributed by atoms with Gasteiger partial charge in [-0.2, -0.15) is 0 Å². The van der Waals surface area contributed by atoms with E-state index < -0.39 is 6.04 Å². The topological polar surface area (TPSA) is 49.4 Å². The Hall–Kier alpha value is -1.46. The number of nitrogens with zero attached hydrogens (tertiary/aromatic N) is 1. The SMILES string of the molecule is CC(C)NC(=O)C(C)N(Cc1ccc(Cl)c(Cl)c1)C(=O)Cc1ccc(Cl)c(Cl)c1. The summed E-state index contributed by atoms with van der Waals surface area (Å²) in [5.74, 6) is -0.455. The van der Waals surface area contributed by atoms with Crippen LogP contribution in [0.2, 0.25) is 20.1 Å². The number of hydrogen-bond acceptors (Lipinski definition) is 2. The van der Waals surface area contributed by atoms with Crippen molar-refractivity contribution in [2.45, 2.75) is 45.8 Å². The number of benzene rings is 2. The van der Waals surface area contributed by atoms with Gasteiger partial charge in [-0.15, -0.1) is 0 Å². The first-order valence-electron chi connectivity index (χ1n) is 9.06. The minimum Gasteiger partial charge on any atom is -0.352 e. The Morgan fingerprint density at radius 3 is 1.90 bits per heavy atom. The molecule has 0 spiro atoms. The number of amides is 2. The second-order valence-electron chi connectivity index (χ2n) is 7.03. The van der Waals surface area contributed by atoms with Crippen LogP contribution in [0.1, 0.15) is 31.9 Å². The van der Waals surface area contributed by atoms with Crippen molar-refractivity contribution in [3.05, 3.63) is 67.6 Å². The molecule has 0 radical (unpaired) electrons. The van der Waals surface area contributed by atoms with Crippen molar-refractivity contribution in [2.75, 3.05) is 0 Å². The van der Waals surface area contributed by atoms with Gasteiger partial charge in [0.1, 0.15) is 6.04 Å². The van der Waals surface area contributed by atoms with Gasteiger partial charge in [0.25, 0.3) is 0 Å². The van der Waals surface area contributed by atoms with E-state index >= 15 is 0 Å². The van der Waals surface area contributed by atoms with Crippen molar-refractivity contribution in [1.29, 1.82) is 0 Å². The van der Waals surface area contributed by atoms with Crippen LogP contribution in [0, 0.1) is 0 Å². The van der Waals surface area contributed by atoms with Gasteiger partial charge in [0.15, 0.2) is 0 Å². The van der Waals surface area contributed by atoms with Crippen LogP contribution in [0.25, 0.3) is 0 Å². The van der Waals surface area contributed by atoms with Crippen molar-refractivity contribution in [3.8, 4) is 0 Å². The highest BCUT2D eigenvalue weighted by Crippen LogP contribution is 2.25. The quantitative estimate of drug-likeness (QED) is 0.551. The number of carbonyl (C=O) groups excluding carboxylic acids is 2. The third-order valence-corrected chi connectivity index (χ3v) is 5.75. The lowest BCUT2D eigenvalue weighted by Crippen LogP contribution is -2.49. The molecule has 2 amide bonds. The zero-order valence-corrected chi connectivity index (χ0v) is 19.3. The Bertz CT molecular complexity index is 902. The molecular formula is C21H22Cl4N2O2. The van der Waals surface area contributed by atoms with Crippen LogP contribution in [-0.2, 0) is 22.6 Å².